The molecule has 0 atom stereocenters. The minimum absolute atomic E-state index is 0.123. The minimum Gasteiger partial charge on any atom is -0.503 e. The van der Waals surface area contributed by atoms with Gasteiger partial charge in [-0.05, 0) is 41.2 Å². The number of aromatic nitrogens is 1. The van der Waals surface area contributed by atoms with E-state index in [2.05, 4.69) is 11.5 Å². The average molecular weight is 378 g/mol. The third-order valence-corrected chi connectivity index (χ3v) is 4.02. The largest absolute Gasteiger partial charge is 0.503 e. The maximum atomic E-state index is 12.8. The van der Waals surface area contributed by atoms with Crippen molar-refractivity contribution >= 4 is 17.9 Å². The molecule has 0 aromatic carbocycles. The normalized spacial score (nSPS) is 15.3. The van der Waals surface area contributed by atoms with Gasteiger partial charge in [-0.25, -0.2) is 0 Å². The molecule has 1 fully saturated rings. The molecule has 0 aliphatic carbocycles. The summed E-state index contributed by atoms with van der Waals surface area (Å²) >= 11 is 0. The van der Waals surface area contributed by atoms with Gasteiger partial charge in [0.1, 0.15) is 5.69 Å². The predicted molar refractivity (Wildman–Crippen MR) is 106 cm³/mol. The molecule has 2 N–H and O–H groups in total. The molecule has 2 rings (SSSR count). The number of aromatic hydroxyl groups is 2. The molecule has 27 heavy (non-hydrogen) atoms. The second kappa shape index (κ2) is 9.94. The number of hydrogen-bond donors (Lipinski definition) is 2. The Kier molecular flexibility index (Phi) is 8.27. The summed E-state index contributed by atoms with van der Waals surface area (Å²) in [6, 6.07) is 0. The summed E-state index contributed by atoms with van der Waals surface area (Å²) in [4.78, 5) is 29.8. The van der Waals surface area contributed by atoms with Crippen molar-refractivity contribution in [2.45, 2.75) is 6.92 Å². The first-order valence-electron chi connectivity index (χ1n) is 8.69. The molecule has 1 aromatic heterocycles. The van der Waals surface area contributed by atoms with Crippen molar-refractivity contribution in [2.75, 3.05) is 54.4 Å². The fraction of sp³-hybridized carbons (Fsp3) is 0.474. The molecule has 8 nitrogen and oxygen atoms in total. The molecule has 1 aliphatic heterocycles. The molecule has 0 unspecified atom stereocenters. The zero-order valence-corrected chi connectivity index (χ0v) is 16.8. The molecule has 0 saturated carbocycles. The Bertz CT molecular complexity index is 711. The van der Waals surface area contributed by atoms with E-state index < -0.39 is 17.4 Å². The van der Waals surface area contributed by atoms with Crippen LogP contribution in [-0.2, 0) is 0 Å². The molecule has 0 spiro atoms. The number of likely N-dealkylation sites (N-methyl/N-ethyl adjacent to an activating group) is 1. The molecular formula is C19H30N4O4. The summed E-state index contributed by atoms with van der Waals surface area (Å²) in [5.74, 6) is -1.61. The van der Waals surface area contributed by atoms with Gasteiger partial charge in [-0.15, -0.1) is 0 Å². The molecule has 2 heterocycles. The number of carbonyl (C=O) groups is 2. The quantitative estimate of drug-likeness (QED) is 0.607. The zero-order valence-electron chi connectivity index (χ0n) is 16.8. The first kappa shape index (κ1) is 22.5. The van der Waals surface area contributed by atoms with E-state index in [0.29, 0.717) is 25.1 Å². The molecular weight excluding hydrogens is 348 g/mol. The smallest absolute Gasteiger partial charge is 0.274 e. The molecule has 150 valence electrons. The van der Waals surface area contributed by atoms with Crippen molar-refractivity contribution in [3.63, 3.8) is 0 Å². The van der Waals surface area contributed by atoms with E-state index in [1.54, 1.807) is 17.9 Å². The van der Waals surface area contributed by atoms with Gasteiger partial charge >= 0.3 is 0 Å². The predicted octanol–water partition coefficient (Wildman–Crippen LogP) is 1.32. The van der Waals surface area contributed by atoms with Gasteiger partial charge in [0.15, 0.2) is 23.5 Å². The summed E-state index contributed by atoms with van der Waals surface area (Å²) in [7, 11) is 7.97. The highest BCUT2D eigenvalue weighted by atomic mass is 16.3. The molecule has 1 amide bonds. The third-order valence-electron chi connectivity index (χ3n) is 4.02. The lowest BCUT2D eigenvalue weighted by atomic mass is 10.2. The summed E-state index contributed by atoms with van der Waals surface area (Å²) < 4.78 is 1.24. The summed E-state index contributed by atoms with van der Waals surface area (Å²) in [6.45, 7) is 7.82. The van der Waals surface area contributed by atoms with Crippen LogP contribution in [0.5, 0.6) is 11.5 Å². The van der Waals surface area contributed by atoms with Crippen molar-refractivity contribution in [1.82, 2.24) is 19.3 Å². The Morgan fingerprint density at radius 2 is 1.63 bits per heavy atom. The number of carbonyl (C=O) groups excluding carboxylic acids is 2. The number of nitrogens with zero attached hydrogens (tertiary/aromatic N) is 4. The minimum atomic E-state index is -0.598. The van der Waals surface area contributed by atoms with Crippen molar-refractivity contribution in [3.8, 4) is 11.5 Å². The lowest BCUT2D eigenvalue weighted by Crippen LogP contribution is -2.47. The van der Waals surface area contributed by atoms with E-state index >= 15 is 0 Å². The number of hydrogen-bond acceptors (Lipinski definition) is 6. The first-order valence-corrected chi connectivity index (χ1v) is 8.69. The second-order valence-electron chi connectivity index (χ2n) is 6.74. The number of piperazine rings is 1. The van der Waals surface area contributed by atoms with E-state index in [1.165, 1.54) is 10.6 Å². The van der Waals surface area contributed by atoms with Crippen LogP contribution in [0, 0.1) is 0 Å². The SMILES string of the molecule is C=C/C(=C\C)n1c(C=O)c(O)c(O)c1C(=O)N1CCN(C)CC1.CN(C)C. The maximum absolute atomic E-state index is 12.8. The van der Waals surface area contributed by atoms with E-state index in [1.807, 2.05) is 33.1 Å². The molecule has 1 aliphatic rings. The highest BCUT2D eigenvalue weighted by molar-refractivity contribution is 6.01. The average Bonchev–Trinajstić information content (AvgIpc) is 2.86. The lowest BCUT2D eigenvalue weighted by Gasteiger charge is -2.32. The fourth-order valence-corrected chi connectivity index (χ4v) is 2.64. The van der Waals surface area contributed by atoms with Gasteiger partial charge in [-0.2, -0.15) is 0 Å². The van der Waals surface area contributed by atoms with Crippen molar-refractivity contribution < 1.29 is 19.8 Å². The van der Waals surface area contributed by atoms with Gasteiger partial charge in [0.05, 0.1) is 0 Å². The van der Waals surface area contributed by atoms with Crippen LogP contribution in [0.4, 0.5) is 0 Å². The molecule has 0 bridgehead atoms. The Morgan fingerprint density at radius 3 is 2.04 bits per heavy atom. The lowest BCUT2D eigenvalue weighted by molar-refractivity contribution is 0.0653. The Labute approximate surface area is 160 Å². The standard InChI is InChI=1S/C16H21N3O4.C3H9N/c1-4-11(5-2)19-12(10-20)14(21)15(22)13(19)16(23)18-8-6-17(3)7-9-18;1-4(2)3/h4-5,10,21-22H,1,6-9H2,2-3H3;1-3H3/b11-5+;. The van der Waals surface area contributed by atoms with Crippen LogP contribution in [-0.4, -0.2) is 96.0 Å². The first-order chi connectivity index (χ1) is 12.7. The van der Waals surface area contributed by atoms with Crippen molar-refractivity contribution in [3.05, 3.63) is 30.1 Å². The van der Waals surface area contributed by atoms with Crippen molar-refractivity contribution in [2.24, 2.45) is 0 Å². The third kappa shape index (κ3) is 5.21. The molecule has 0 radical (unpaired) electrons. The van der Waals surface area contributed by atoms with E-state index in [9.17, 15) is 19.8 Å². The maximum Gasteiger partial charge on any atom is 0.274 e. The summed E-state index contributed by atoms with van der Waals surface area (Å²) in [5, 5.41) is 20.2. The summed E-state index contributed by atoms with van der Waals surface area (Å²) in [5.41, 5.74) is 0.135. The van der Waals surface area contributed by atoms with Crippen molar-refractivity contribution in [1.29, 1.82) is 0 Å². The van der Waals surface area contributed by atoms with Gasteiger partial charge < -0.3 is 24.9 Å². The Balaban J connectivity index is 0.000000828. The van der Waals surface area contributed by atoms with Crippen LogP contribution in [0.1, 0.15) is 27.9 Å². The zero-order chi connectivity index (χ0) is 20.7. The highest BCUT2D eigenvalue weighted by Gasteiger charge is 2.31. The second-order valence-corrected chi connectivity index (χ2v) is 6.74. The van der Waals surface area contributed by atoms with Crippen LogP contribution < -0.4 is 0 Å². The van der Waals surface area contributed by atoms with Crippen LogP contribution in [0.3, 0.4) is 0 Å². The van der Waals surface area contributed by atoms with E-state index in [0.717, 1.165) is 13.1 Å². The molecule has 1 saturated heterocycles. The highest BCUT2D eigenvalue weighted by Crippen LogP contribution is 2.38. The van der Waals surface area contributed by atoms with Gasteiger partial charge in [-0.1, -0.05) is 12.7 Å². The number of rotatable bonds is 4. The summed E-state index contributed by atoms with van der Waals surface area (Å²) in [6.07, 6.45) is 3.50. The van der Waals surface area contributed by atoms with Crippen LogP contribution >= 0.6 is 0 Å². The topological polar surface area (TPSA) is 89.2 Å². The number of aldehydes is 1. The van der Waals surface area contributed by atoms with E-state index in [-0.39, 0.29) is 11.4 Å². The number of allylic oxidation sites excluding steroid dienone is 3. The molecule has 1 aromatic rings. The van der Waals surface area contributed by atoms with Crippen LogP contribution in [0.2, 0.25) is 0 Å². The monoisotopic (exact) mass is 378 g/mol. The van der Waals surface area contributed by atoms with Crippen LogP contribution in [0.25, 0.3) is 5.70 Å². The molecule has 8 heteroatoms. The van der Waals surface area contributed by atoms with E-state index in [4.69, 9.17) is 0 Å². The van der Waals surface area contributed by atoms with Crippen LogP contribution in [0.15, 0.2) is 18.7 Å². The van der Waals surface area contributed by atoms with Gasteiger partial charge in [0, 0.05) is 31.9 Å². The Hall–Kier alpha value is -2.58. The van der Waals surface area contributed by atoms with Gasteiger partial charge in [-0.3, -0.25) is 14.2 Å². The van der Waals surface area contributed by atoms with Gasteiger partial charge in [0.2, 0.25) is 0 Å². The Morgan fingerprint density at radius 1 is 1.11 bits per heavy atom. The van der Waals surface area contributed by atoms with Gasteiger partial charge in [0.25, 0.3) is 5.91 Å². The number of amides is 1. The fourth-order valence-electron chi connectivity index (χ4n) is 2.64.